The van der Waals surface area contributed by atoms with Gasteiger partial charge in [0, 0.05) is 19.8 Å². The van der Waals surface area contributed by atoms with Gasteiger partial charge in [-0.25, -0.2) is 4.79 Å². The number of benzene rings is 2. The van der Waals surface area contributed by atoms with Crippen LogP contribution in [0.25, 0.3) is 11.0 Å². The van der Waals surface area contributed by atoms with E-state index in [0.29, 0.717) is 5.69 Å². The lowest BCUT2D eigenvalue weighted by Gasteiger charge is -2.10. The molecule has 3 rings (SSSR count). The summed E-state index contributed by atoms with van der Waals surface area (Å²) in [4.78, 5) is 24.4. The third kappa shape index (κ3) is 3.15. The Labute approximate surface area is 145 Å². The number of imidazole rings is 1. The van der Waals surface area contributed by atoms with Crippen LogP contribution in [0.1, 0.15) is 11.1 Å². The van der Waals surface area contributed by atoms with Crippen molar-refractivity contribution >= 4 is 22.6 Å². The minimum Gasteiger partial charge on any atom is -0.497 e. The summed E-state index contributed by atoms with van der Waals surface area (Å²) in [5, 5.41) is 2.94. The van der Waals surface area contributed by atoms with Gasteiger partial charge in [0.15, 0.2) is 0 Å². The summed E-state index contributed by atoms with van der Waals surface area (Å²) < 4.78 is 8.30. The number of aryl methyl sites for hydroxylation is 3. The number of aromatic nitrogens is 2. The molecule has 2 aromatic carbocycles. The number of ether oxygens (including phenoxy) is 1. The van der Waals surface area contributed by atoms with E-state index < -0.39 is 0 Å². The first-order valence-corrected chi connectivity index (χ1v) is 7.99. The first kappa shape index (κ1) is 16.8. The Bertz CT molecular complexity index is 997. The van der Waals surface area contributed by atoms with Crippen molar-refractivity contribution in [3.05, 3.63) is 58.0 Å². The number of anilines is 1. The number of methoxy groups -OCH3 is 1. The summed E-state index contributed by atoms with van der Waals surface area (Å²) in [6.07, 6.45) is 0.273. The van der Waals surface area contributed by atoms with Gasteiger partial charge in [0.25, 0.3) is 0 Å². The number of fused-ring (bicyclic) bond motifs is 1. The summed E-state index contributed by atoms with van der Waals surface area (Å²) in [5.74, 6) is 0.656. The lowest BCUT2D eigenvalue weighted by molar-refractivity contribution is -0.115. The molecule has 0 unspecified atom stereocenters. The molecule has 1 heterocycles. The van der Waals surface area contributed by atoms with E-state index in [4.69, 9.17) is 4.74 Å². The molecule has 0 aliphatic rings. The fourth-order valence-electron chi connectivity index (χ4n) is 2.91. The first-order valence-electron chi connectivity index (χ1n) is 7.99. The second kappa shape index (κ2) is 6.47. The lowest BCUT2D eigenvalue weighted by atomic mass is 10.1. The van der Waals surface area contributed by atoms with Crippen LogP contribution < -0.4 is 15.7 Å². The fraction of sp³-hybridized carbons (Fsp3) is 0.263. The van der Waals surface area contributed by atoms with Gasteiger partial charge in [-0.3, -0.25) is 13.9 Å². The van der Waals surface area contributed by atoms with Crippen LogP contribution in [-0.4, -0.2) is 22.2 Å². The molecule has 0 saturated carbocycles. The van der Waals surface area contributed by atoms with E-state index in [1.165, 1.54) is 0 Å². The quantitative estimate of drug-likeness (QED) is 0.794. The highest BCUT2D eigenvalue weighted by molar-refractivity contribution is 5.95. The van der Waals surface area contributed by atoms with E-state index in [9.17, 15) is 9.59 Å². The van der Waals surface area contributed by atoms with E-state index >= 15 is 0 Å². The van der Waals surface area contributed by atoms with Gasteiger partial charge in [0.2, 0.25) is 5.91 Å². The summed E-state index contributed by atoms with van der Waals surface area (Å²) >= 11 is 0. The van der Waals surface area contributed by atoms with Crippen molar-refractivity contribution in [1.29, 1.82) is 0 Å². The summed E-state index contributed by atoms with van der Waals surface area (Å²) in [6.45, 7) is 1.92. The van der Waals surface area contributed by atoms with Crippen LogP contribution in [-0.2, 0) is 25.3 Å². The van der Waals surface area contributed by atoms with E-state index in [-0.39, 0.29) is 18.0 Å². The predicted octanol–water partition coefficient (Wildman–Crippen LogP) is 2.38. The third-order valence-corrected chi connectivity index (χ3v) is 4.42. The van der Waals surface area contributed by atoms with Crippen molar-refractivity contribution in [2.24, 2.45) is 14.1 Å². The van der Waals surface area contributed by atoms with Crippen molar-refractivity contribution in [2.75, 3.05) is 12.4 Å². The molecule has 0 spiro atoms. The number of rotatable bonds is 4. The molecule has 130 valence electrons. The molecular formula is C19H21N3O3. The van der Waals surface area contributed by atoms with Gasteiger partial charge in [0.05, 0.1) is 24.6 Å². The van der Waals surface area contributed by atoms with E-state index in [0.717, 1.165) is 27.9 Å². The molecular weight excluding hydrogens is 318 g/mol. The molecule has 1 amide bonds. The molecule has 25 heavy (non-hydrogen) atoms. The molecule has 3 aromatic rings. The number of carbonyl (C=O) groups excluding carboxylic acids is 1. The van der Waals surface area contributed by atoms with Crippen LogP contribution in [0.5, 0.6) is 5.75 Å². The number of carbonyl (C=O) groups is 1. The number of hydrogen-bond acceptors (Lipinski definition) is 3. The lowest BCUT2D eigenvalue weighted by Crippen LogP contribution is -2.19. The fourth-order valence-corrected chi connectivity index (χ4v) is 2.91. The Hall–Kier alpha value is -3.02. The Morgan fingerprint density at radius 2 is 1.68 bits per heavy atom. The molecule has 0 aliphatic heterocycles. The van der Waals surface area contributed by atoms with Crippen LogP contribution in [0.3, 0.4) is 0 Å². The van der Waals surface area contributed by atoms with Crippen LogP contribution >= 0.6 is 0 Å². The van der Waals surface area contributed by atoms with Crippen molar-refractivity contribution in [1.82, 2.24) is 9.13 Å². The molecule has 0 fully saturated rings. The summed E-state index contributed by atoms with van der Waals surface area (Å²) in [6, 6.07) is 11.2. The van der Waals surface area contributed by atoms with E-state index in [2.05, 4.69) is 5.32 Å². The highest BCUT2D eigenvalue weighted by Crippen LogP contribution is 2.23. The molecule has 0 aliphatic carbocycles. The predicted molar refractivity (Wildman–Crippen MR) is 98.2 cm³/mol. The van der Waals surface area contributed by atoms with Gasteiger partial charge >= 0.3 is 5.69 Å². The molecule has 1 N–H and O–H groups in total. The van der Waals surface area contributed by atoms with Gasteiger partial charge < -0.3 is 10.1 Å². The molecule has 6 nitrogen and oxygen atoms in total. The largest absolute Gasteiger partial charge is 0.497 e. The van der Waals surface area contributed by atoms with Crippen molar-refractivity contribution in [2.45, 2.75) is 13.3 Å². The SMILES string of the molecule is COc1ccc(CC(=O)Nc2cc3c(cc2C)n(C)c(=O)n3C)cc1. The Kier molecular flexibility index (Phi) is 4.35. The zero-order chi connectivity index (χ0) is 18.1. The second-order valence-electron chi connectivity index (χ2n) is 6.13. The normalized spacial score (nSPS) is 10.9. The third-order valence-electron chi connectivity index (χ3n) is 4.42. The highest BCUT2D eigenvalue weighted by Gasteiger charge is 2.12. The second-order valence-corrected chi connectivity index (χ2v) is 6.13. The Morgan fingerprint density at radius 3 is 2.28 bits per heavy atom. The molecule has 0 radical (unpaired) electrons. The van der Waals surface area contributed by atoms with Crippen molar-refractivity contribution in [3.8, 4) is 5.75 Å². The van der Waals surface area contributed by atoms with Crippen LogP contribution in [0, 0.1) is 6.92 Å². The number of amides is 1. The number of hydrogen-bond donors (Lipinski definition) is 1. The van der Waals surface area contributed by atoms with Crippen LogP contribution in [0.4, 0.5) is 5.69 Å². The summed E-state index contributed by atoms with van der Waals surface area (Å²) in [5.41, 5.74) is 4.08. The van der Waals surface area contributed by atoms with Crippen LogP contribution in [0.2, 0.25) is 0 Å². The average Bonchev–Trinajstić information content (AvgIpc) is 2.80. The number of nitrogens with one attached hydrogen (secondary N) is 1. The Balaban J connectivity index is 1.84. The van der Waals surface area contributed by atoms with Crippen LogP contribution in [0.15, 0.2) is 41.2 Å². The minimum absolute atomic E-state index is 0.0869. The Morgan fingerprint density at radius 1 is 1.08 bits per heavy atom. The van der Waals surface area contributed by atoms with Gasteiger partial charge in [0.1, 0.15) is 5.75 Å². The topological polar surface area (TPSA) is 65.3 Å². The van der Waals surface area contributed by atoms with E-state index in [1.54, 1.807) is 30.3 Å². The van der Waals surface area contributed by atoms with Gasteiger partial charge in [-0.05, 0) is 42.3 Å². The maximum Gasteiger partial charge on any atom is 0.328 e. The van der Waals surface area contributed by atoms with Crippen molar-refractivity contribution < 1.29 is 9.53 Å². The molecule has 1 aromatic heterocycles. The maximum atomic E-state index is 12.4. The van der Waals surface area contributed by atoms with Gasteiger partial charge in [-0.1, -0.05) is 12.1 Å². The average molecular weight is 339 g/mol. The highest BCUT2D eigenvalue weighted by atomic mass is 16.5. The van der Waals surface area contributed by atoms with Crippen molar-refractivity contribution in [3.63, 3.8) is 0 Å². The zero-order valence-electron chi connectivity index (χ0n) is 14.8. The first-order chi connectivity index (χ1) is 11.9. The number of nitrogens with zero attached hydrogens (tertiary/aromatic N) is 2. The van der Waals surface area contributed by atoms with Gasteiger partial charge in [-0.2, -0.15) is 0 Å². The molecule has 0 bridgehead atoms. The zero-order valence-corrected chi connectivity index (χ0v) is 14.8. The molecule has 0 saturated heterocycles. The van der Waals surface area contributed by atoms with Gasteiger partial charge in [-0.15, -0.1) is 0 Å². The van der Waals surface area contributed by atoms with E-state index in [1.807, 2.05) is 43.3 Å². The standard InChI is InChI=1S/C19H21N3O3/c1-12-9-16-17(22(3)19(24)21(16)2)11-15(12)20-18(23)10-13-5-7-14(25-4)8-6-13/h5-9,11H,10H2,1-4H3,(H,20,23). The maximum absolute atomic E-state index is 12.4. The molecule has 0 atom stereocenters. The monoisotopic (exact) mass is 339 g/mol. The minimum atomic E-state index is -0.103. The smallest absolute Gasteiger partial charge is 0.328 e. The molecule has 6 heteroatoms. The summed E-state index contributed by atoms with van der Waals surface area (Å²) in [7, 11) is 5.08.